The number of pyridine rings is 2. The molecule has 0 aliphatic rings. The fourth-order valence-corrected chi connectivity index (χ4v) is 4.14. The Labute approximate surface area is 205 Å². The predicted octanol–water partition coefficient (Wildman–Crippen LogP) is 4.34. The van der Waals surface area contributed by atoms with Gasteiger partial charge in [0.2, 0.25) is 0 Å². The van der Waals surface area contributed by atoms with Gasteiger partial charge in [0.15, 0.2) is 5.65 Å². The van der Waals surface area contributed by atoms with Gasteiger partial charge in [-0.1, -0.05) is 29.8 Å². The van der Waals surface area contributed by atoms with Crippen LogP contribution in [-0.2, 0) is 12.7 Å². The van der Waals surface area contributed by atoms with E-state index in [1.165, 1.54) is 25.4 Å². The Morgan fingerprint density at radius 2 is 1.61 bits per heavy atom. The van der Waals surface area contributed by atoms with Crippen LogP contribution in [0.15, 0.2) is 70.5 Å². The van der Waals surface area contributed by atoms with E-state index in [9.17, 15) is 22.8 Å². The summed E-state index contributed by atoms with van der Waals surface area (Å²) in [6.45, 7) is 1.20. The molecule has 0 spiro atoms. The van der Waals surface area contributed by atoms with Crippen LogP contribution >= 0.6 is 11.6 Å². The second-order valence-corrected chi connectivity index (χ2v) is 8.39. The maximum atomic E-state index is 14.0. The molecule has 0 amide bonds. The molecule has 4 heterocycles. The van der Waals surface area contributed by atoms with Crippen LogP contribution in [0.4, 0.5) is 13.2 Å². The van der Waals surface area contributed by atoms with E-state index >= 15 is 0 Å². The van der Waals surface area contributed by atoms with Crippen LogP contribution in [0, 0.1) is 6.92 Å². The molecule has 1 aromatic carbocycles. The van der Waals surface area contributed by atoms with E-state index in [2.05, 4.69) is 20.2 Å². The monoisotopic (exact) mass is 512 g/mol. The van der Waals surface area contributed by atoms with E-state index in [1.54, 1.807) is 36.4 Å². The molecule has 182 valence electrons. The summed E-state index contributed by atoms with van der Waals surface area (Å²) in [6.07, 6.45) is -1.56. The molecular weight excluding hydrogens is 497 g/mol. The number of hydrogen-bond acceptors (Lipinski definition) is 5. The summed E-state index contributed by atoms with van der Waals surface area (Å²) < 4.78 is 41.5. The van der Waals surface area contributed by atoms with Crippen LogP contribution in [0.2, 0.25) is 5.02 Å². The molecule has 4 aromatic heterocycles. The molecule has 0 atom stereocenters. The minimum absolute atomic E-state index is 0.0775. The smallest absolute Gasteiger partial charge is 0.267 e. The van der Waals surface area contributed by atoms with E-state index in [-0.39, 0.29) is 23.4 Å². The summed E-state index contributed by atoms with van der Waals surface area (Å²) in [7, 11) is 0. The molecular formula is C24H16ClF3N6O2. The zero-order valence-electron chi connectivity index (χ0n) is 18.5. The van der Waals surface area contributed by atoms with Gasteiger partial charge in [0, 0.05) is 28.7 Å². The largest absolute Gasteiger partial charge is 0.433 e. The second-order valence-electron chi connectivity index (χ2n) is 7.96. The zero-order chi connectivity index (χ0) is 25.6. The van der Waals surface area contributed by atoms with E-state index in [1.807, 2.05) is 0 Å². The number of nitrogens with one attached hydrogen (secondary N) is 1. The highest BCUT2D eigenvalue weighted by molar-refractivity contribution is 6.30. The Hall–Kier alpha value is -4.25. The third-order valence-corrected chi connectivity index (χ3v) is 5.97. The van der Waals surface area contributed by atoms with Crippen LogP contribution in [0.5, 0.6) is 0 Å². The lowest BCUT2D eigenvalue weighted by atomic mass is 9.97. The number of aromatic nitrogens is 6. The van der Waals surface area contributed by atoms with E-state index in [0.717, 1.165) is 15.3 Å². The highest BCUT2D eigenvalue weighted by Crippen LogP contribution is 2.33. The van der Waals surface area contributed by atoms with Crippen molar-refractivity contribution in [2.45, 2.75) is 19.6 Å². The molecule has 8 nitrogen and oxygen atoms in total. The van der Waals surface area contributed by atoms with E-state index in [0.29, 0.717) is 27.3 Å². The first kappa shape index (κ1) is 23.5. The standard InChI is InChI=1S/C24H16ClF3N6O2/c1-13-16(4-7-18(30-13)24(26,27)28)12-33-22(35)20(15-8-10-29-11-9-15)19(14-2-5-17(25)6-3-14)21-31-32-23(36)34(21)33/h2-11H,12H2,1H3,(H,32,36). The fourth-order valence-electron chi connectivity index (χ4n) is 4.01. The maximum Gasteiger partial charge on any atom is 0.433 e. The van der Waals surface area contributed by atoms with E-state index in [4.69, 9.17) is 11.6 Å². The summed E-state index contributed by atoms with van der Waals surface area (Å²) in [4.78, 5) is 34.4. The lowest BCUT2D eigenvalue weighted by Gasteiger charge is -2.17. The summed E-state index contributed by atoms with van der Waals surface area (Å²) in [5.41, 5.74) is 0.0263. The molecule has 0 radical (unpaired) electrons. The van der Waals surface area contributed by atoms with Crippen molar-refractivity contribution in [1.82, 2.24) is 29.4 Å². The quantitative estimate of drug-likeness (QED) is 0.386. The third kappa shape index (κ3) is 4.07. The van der Waals surface area contributed by atoms with Crippen molar-refractivity contribution < 1.29 is 13.2 Å². The van der Waals surface area contributed by atoms with Crippen molar-refractivity contribution in [3.63, 3.8) is 0 Å². The molecule has 0 bridgehead atoms. The first-order chi connectivity index (χ1) is 17.1. The zero-order valence-corrected chi connectivity index (χ0v) is 19.3. The Kier molecular flexibility index (Phi) is 5.71. The van der Waals surface area contributed by atoms with Crippen LogP contribution in [0.1, 0.15) is 17.0 Å². The first-order valence-electron chi connectivity index (χ1n) is 10.6. The average molecular weight is 513 g/mol. The van der Waals surface area contributed by atoms with Gasteiger partial charge in [-0.25, -0.2) is 19.6 Å². The molecule has 5 rings (SSSR count). The van der Waals surface area contributed by atoms with Crippen LogP contribution in [0.25, 0.3) is 27.9 Å². The van der Waals surface area contributed by atoms with Gasteiger partial charge in [-0.2, -0.15) is 22.8 Å². The SMILES string of the molecule is Cc1nc(C(F)(F)F)ccc1Cn1c(=O)c(-c2ccncc2)c(-c2ccc(Cl)cc2)c2n[nH]c(=O)n21. The van der Waals surface area contributed by atoms with Crippen molar-refractivity contribution in [1.29, 1.82) is 0 Å². The van der Waals surface area contributed by atoms with Crippen molar-refractivity contribution in [2.75, 3.05) is 0 Å². The number of benzene rings is 1. The lowest BCUT2D eigenvalue weighted by Crippen LogP contribution is -2.34. The van der Waals surface area contributed by atoms with E-state index < -0.39 is 23.1 Å². The number of hydrogen-bond donors (Lipinski definition) is 1. The molecule has 0 fully saturated rings. The van der Waals surface area contributed by atoms with Gasteiger partial charge in [0.1, 0.15) is 5.69 Å². The fraction of sp³-hybridized carbons (Fsp3) is 0.125. The summed E-state index contributed by atoms with van der Waals surface area (Å²) in [6, 6.07) is 12.1. The topological polar surface area (TPSA) is 97.9 Å². The van der Waals surface area contributed by atoms with Gasteiger partial charge in [-0.05, 0) is 53.9 Å². The number of rotatable bonds is 4. The number of alkyl halides is 3. The first-order valence-corrected chi connectivity index (χ1v) is 11.0. The van der Waals surface area contributed by atoms with Gasteiger partial charge in [0.05, 0.1) is 12.1 Å². The molecule has 5 aromatic rings. The normalized spacial score (nSPS) is 11.8. The predicted molar refractivity (Wildman–Crippen MR) is 127 cm³/mol. The Bertz CT molecular complexity index is 1710. The van der Waals surface area contributed by atoms with Gasteiger partial charge in [0.25, 0.3) is 5.56 Å². The van der Waals surface area contributed by atoms with Crippen LogP contribution < -0.4 is 11.2 Å². The average Bonchev–Trinajstić information content (AvgIpc) is 3.23. The van der Waals surface area contributed by atoms with Crippen molar-refractivity contribution in [3.05, 3.63) is 104 Å². The van der Waals surface area contributed by atoms with Crippen molar-refractivity contribution in [2.24, 2.45) is 0 Å². The third-order valence-electron chi connectivity index (χ3n) is 5.72. The second kappa shape index (κ2) is 8.76. The number of aryl methyl sites for hydroxylation is 1. The molecule has 0 unspecified atom stereocenters. The van der Waals surface area contributed by atoms with Gasteiger partial charge in [-0.15, -0.1) is 0 Å². The number of fused-ring (bicyclic) bond motifs is 1. The van der Waals surface area contributed by atoms with Crippen molar-refractivity contribution in [3.8, 4) is 22.3 Å². The molecule has 12 heteroatoms. The van der Waals surface area contributed by atoms with Crippen LogP contribution in [0.3, 0.4) is 0 Å². The summed E-state index contributed by atoms with van der Waals surface area (Å²) in [5.74, 6) is 0. The molecule has 1 N–H and O–H groups in total. The Balaban J connectivity index is 1.81. The molecule has 36 heavy (non-hydrogen) atoms. The lowest BCUT2D eigenvalue weighted by molar-refractivity contribution is -0.141. The summed E-state index contributed by atoms with van der Waals surface area (Å²) >= 11 is 6.05. The minimum atomic E-state index is -4.61. The van der Waals surface area contributed by atoms with Gasteiger partial charge < -0.3 is 0 Å². The highest BCUT2D eigenvalue weighted by Gasteiger charge is 2.33. The maximum absolute atomic E-state index is 14.0. The molecule has 0 aliphatic carbocycles. The Morgan fingerprint density at radius 1 is 0.944 bits per heavy atom. The van der Waals surface area contributed by atoms with Gasteiger partial charge in [-0.3, -0.25) is 9.78 Å². The number of halogens is 4. The summed E-state index contributed by atoms with van der Waals surface area (Å²) in [5, 5.41) is 7.02. The van der Waals surface area contributed by atoms with Gasteiger partial charge >= 0.3 is 11.9 Å². The Morgan fingerprint density at radius 3 is 2.25 bits per heavy atom. The molecule has 0 saturated heterocycles. The number of nitrogens with zero attached hydrogens (tertiary/aromatic N) is 5. The number of aromatic amines is 1. The number of H-pyrrole nitrogens is 1. The van der Waals surface area contributed by atoms with Crippen molar-refractivity contribution >= 4 is 17.2 Å². The molecule has 0 saturated carbocycles. The molecule has 0 aliphatic heterocycles. The highest BCUT2D eigenvalue weighted by atomic mass is 35.5. The minimum Gasteiger partial charge on any atom is -0.267 e. The van der Waals surface area contributed by atoms with Crippen LogP contribution in [-0.4, -0.2) is 29.4 Å².